The van der Waals surface area contributed by atoms with Crippen LogP contribution in [0.1, 0.15) is 28.2 Å². The molecule has 2 aromatic carbocycles. The topological polar surface area (TPSA) is 59.3 Å². The van der Waals surface area contributed by atoms with E-state index in [9.17, 15) is 4.79 Å². The standard InChI is InChI=1S/C26H28N4OS/c1-17-23(16-24(31)27-15-14-20-10-12-22(32-4)13-11-20)19(3)30-26(28-17)25(18(2)29-30)21-8-6-5-7-9-21/h5-13H,14-16H2,1-4H3,(H,27,31). The lowest BCUT2D eigenvalue weighted by Crippen LogP contribution is -2.28. The molecule has 0 spiro atoms. The molecule has 4 aromatic rings. The molecule has 0 atom stereocenters. The monoisotopic (exact) mass is 444 g/mol. The third-order valence-electron chi connectivity index (χ3n) is 5.80. The fraction of sp³-hybridized carbons (Fsp3) is 0.269. The van der Waals surface area contributed by atoms with E-state index < -0.39 is 0 Å². The summed E-state index contributed by atoms with van der Waals surface area (Å²) in [5.74, 6) is 0.00486. The van der Waals surface area contributed by atoms with Gasteiger partial charge in [-0.1, -0.05) is 42.5 Å². The van der Waals surface area contributed by atoms with Gasteiger partial charge in [0.25, 0.3) is 0 Å². The van der Waals surface area contributed by atoms with Gasteiger partial charge in [0.2, 0.25) is 5.91 Å². The number of nitrogens with one attached hydrogen (secondary N) is 1. The van der Waals surface area contributed by atoms with E-state index >= 15 is 0 Å². The maximum atomic E-state index is 12.7. The molecular weight excluding hydrogens is 416 g/mol. The van der Waals surface area contributed by atoms with Crippen molar-refractivity contribution in [2.24, 2.45) is 0 Å². The van der Waals surface area contributed by atoms with E-state index in [1.165, 1.54) is 10.5 Å². The number of carbonyl (C=O) groups is 1. The Bertz CT molecular complexity index is 1250. The normalized spacial score (nSPS) is 11.1. The van der Waals surface area contributed by atoms with Crippen LogP contribution in [0.15, 0.2) is 59.5 Å². The predicted molar refractivity (Wildman–Crippen MR) is 131 cm³/mol. The molecule has 0 unspecified atom stereocenters. The minimum Gasteiger partial charge on any atom is -0.355 e. The first-order chi connectivity index (χ1) is 15.5. The summed E-state index contributed by atoms with van der Waals surface area (Å²) in [5.41, 5.74) is 7.89. The summed E-state index contributed by atoms with van der Waals surface area (Å²) in [5, 5.41) is 7.79. The van der Waals surface area contributed by atoms with Crippen LogP contribution in [0.4, 0.5) is 0 Å². The molecule has 1 N–H and O–H groups in total. The lowest BCUT2D eigenvalue weighted by atomic mass is 10.1. The van der Waals surface area contributed by atoms with Crippen molar-refractivity contribution in [1.29, 1.82) is 0 Å². The molecule has 2 aromatic heterocycles. The first kappa shape index (κ1) is 22.1. The highest BCUT2D eigenvalue weighted by Crippen LogP contribution is 2.29. The Kier molecular flexibility index (Phi) is 6.61. The van der Waals surface area contributed by atoms with E-state index in [1.54, 1.807) is 11.8 Å². The van der Waals surface area contributed by atoms with Crippen molar-refractivity contribution in [1.82, 2.24) is 19.9 Å². The number of fused-ring (bicyclic) bond motifs is 1. The first-order valence-electron chi connectivity index (χ1n) is 10.8. The van der Waals surface area contributed by atoms with E-state index in [4.69, 9.17) is 10.1 Å². The van der Waals surface area contributed by atoms with Crippen LogP contribution in [0.3, 0.4) is 0 Å². The molecule has 0 radical (unpaired) electrons. The fourth-order valence-electron chi connectivity index (χ4n) is 4.03. The second kappa shape index (κ2) is 9.57. The number of hydrogen-bond acceptors (Lipinski definition) is 4. The molecule has 1 amide bonds. The van der Waals surface area contributed by atoms with Crippen molar-refractivity contribution in [3.8, 4) is 11.1 Å². The smallest absolute Gasteiger partial charge is 0.224 e. The molecular formula is C26H28N4OS. The molecule has 0 fully saturated rings. The van der Waals surface area contributed by atoms with Crippen LogP contribution < -0.4 is 5.32 Å². The van der Waals surface area contributed by atoms with E-state index in [0.29, 0.717) is 13.0 Å². The number of carbonyl (C=O) groups excluding carboxylic acids is 1. The van der Waals surface area contributed by atoms with E-state index in [1.807, 2.05) is 43.5 Å². The zero-order valence-corrected chi connectivity index (χ0v) is 19.8. The Morgan fingerprint density at radius 2 is 1.72 bits per heavy atom. The number of aryl methyl sites for hydroxylation is 3. The SMILES string of the molecule is CSc1ccc(CCNC(=O)Cc2c(C)nc3c(-c4ccccc4)c(C)nn3c2C)cc1. The molecule has 0 aliphatic carbocycles. The van der Waals surface area contributed by atoms with Crippen LogP contribution >= 0.6 is 11.8 Å². The molecule has 0 aliphatic rings. The maximum absolute atomic E-state index is 12.7. The summed E-state index contributed by atoms with van der Waals surface area (Å²) < 4.78 is 1.88. The lowest BCUT2D eigenvalue weighted by Gasteiger charge is -2.12. The Balaban J connectivity index is 1.50. The molecule has 6 heteroatoms. The predicted octanol–water partition coefficient (Wildman–Crippen LogP) is 4.94. The Labute approximate surface area is 193 Å². The van der Waals surface area contributed by atoms with E-state index in [0.717, 1.165) is 45.8 Å². The number of hydrogen-bond donors (Lipinski definition) is 1. The third kappa shape index (κ3) is 4.55. The molecule has 0 saturated carbocycles. The fourth-order valence-corrected chi connectivity index (χ4v) is 4.44. The van der Waals surface area contributed by atoms with Gasteiger partial charge in [0.1, 0.15) is 0 Å². The van der Waals surface area contributed by atoms with Crippen LogP contribution in [-0.4, -0.2) is 33.3 Å². The van der Waals surface area contributed by atoms with Gasteiger partial charge in [-0.25, -0.2) is 9.50 Å². The van der Waals surface area contributed by atoms with Gasteiger partial charge in [-0.05, 0) is 56.7 Å². The Morgan fingerprint density at radius 3 is 2.41 bits per heavy atom. The summed E-state index contributed by atoms with van der Waals surface area (Å²) in [6.07, 6.45) is 3.18. The summed E-state index contributed by atoms with van der Waals surface area (Å²) in [4.78, 5) is 18.8. The molecule has 164 valence electrons. The van der Waals surface area contributed by atoms with Crippen molar-refractivity contribution in [3.63, 3.8) is 0 Å². The van der Waals surface area contributed by atoms with Crippen molar-refractivity contribution in [3.05, 3.63) is 82.8 Å². The van der Waals surface area contributed by atoms with Crippen LogP contribution in [0.5, 0.6) is 0 Å². The average Bonchev–Trinajstić information content (AvgIpc) is 3.13. The van der Waals surface area contributed by atoms with Crippen LogP contribution in [0, 0.1) is 20.8 Å². The number of amides is 1. The van der Waals surface area contributed by atoms with Crippen LogP contribution in [-0.2, 0) is 17.6 Å². The van der Waals surface area contributed by atoms with Gasteiger partial charge in [-0.2, -0.15) is 5.10 Å². The number of rotatable bonds is 7. The summed E-state index contributed by atoms with van der Waals surface area (Å²) in [7, 11) is 0. The highest BCUT2D eigenvalue weighted by Gasteiger charge is 2.19. The molecule has 4 rings (SSSR count). The molecule has 32 heavy (non-hydrogen) atoms. The van der Waals surface area contributed by atoms with Gasteiger partial charge in [0.05, 0.1) is 12.1 Å². The summed E-state index contributed by atoms with van der Waals surface area (Å²) in [6, 6.07) is 18.7. The molecule has 5 nitrogen and oxygen atoms in total. The molecule has 2 heterocycles. The number of benzene rings is 2. The van der Waals surface area contributed by atoms with Gasteiger partial charge in [0, 0.05) is 34.0 Å². The Morgan fingerprint density at radius 1 is 1.00 bits per heavy atom. The number of aromatic nitrogens is 3. The van der Waals surface area contributed by atoms with Crippen molar-refractivity contribution >= 4 is 23.3 Å². The van der Waals surface area contributed by atoms with Gasteiger partial charge in [-0.3, -0.25) is 4.79 Å². The van der Waals surface area contributed by atoms with Gasteiger partial charge in [0.15, 0.2) is 5.65 Å². The second-order valence-electron chi connectivity index (χ2n) is 7.95. The Hall–Kier alpha value is -3.12. The second-order valence-corrected chi connectivity index (χ2v) is 8.83. The molecule has 0 saturated heterocycles. The van der Waals surface area contributed by atoms with Crippen LogP contribution in [0.2, 0.25) is 0 Å². The number of thioether (sulfide) groups is 1. The first-order valence-corrected chi connectivity index (χ1v) is 12.0. The van der Waals surface area contributed by atoms with Crippen molar-refractivity contribution in [2.45, 2.75) is 38.5 Å². The highest BCUT2D eigenvalue weighted by molar-refractivity contribution is 7.98. The lowest BCUT2D eigenvalue weighted by molar-refractivity contribution is -0.120. The van der Waals surface area contributed by atoms with Gasteiger partial charge in [-0.15, -0.1) is 11.8 Å². The zero-order valence-electron chi connectivity index (χ0n) is 19.0. The van der Waals surface area contributed by atoms with Gasteiger partial charge >= 0.3 is 0 Å². The van der Waals surface area contributed by atoms with Crippen molar-refractivity contribution < 1.29 is 4.79 Å². The van der Waals surface area contributed by atoms with Crippen LogP contribution in [0.25, 0.3) is 16.8 Å². The highest BCUT2D eigenvalue weighted by atomic mass is 32.2. The minimum absolute atomic E-state index is 0.00486. The number of nitrogens with zero attached hydrogens (tertiary/aromatic N) is 3. The van der Waals surface area contributed by atoms with E-state index in [-0.39, 0.29) is 5.91 Å². The van der Waals surface area contributed by atoms with Crippen molar-refractivity contribution in [2.75, 3.05) is 12.8 Å². The quantitative estimate of drug-likeness (QED) is 0.410. The molecule has 0 bridgehead atoms. The summed E-state index contributed by atoms with van der Waals surface area (Å²) >= 11 is 1.73. The third-order valence-corrected chi connectivity index (χ3v) is 6.54. The molecule has 0 aliphatic heterocycles. The summed E-state index contributed by atoms with van der Waals surface area (Å²) in [6.45, 7) is 6.60. The average molecular weight is 445 g/mol. The maximum Gasteiger partial charge on any atom is 0.224 e. The minimum atomic E-state index is 0.00486. The van der Waals surface area contributed by atoms with Gasteiger partial charge < -0.3 is 5.32 Å². The largest absolute Gasteiger partial charge is 0.355 e. The van der Waals surface area contributed by atoms with E-state index in [2.05, 4.69) is 48.0 Å². The zero-order chi connectivity index (χ0) is 22.7.